The van der Waals surface area contributed by atoms with Crippen molar-refractivity contribution >= 4 is 6.85 Å². The van der Waals surface area contributed by atoms with Crippen molar-refractivity contribution in [1.82, 2.24) is 9.93 Å². The Morgan fingerprint density at radius 3 is 2.27 bits per heavy atom. The summed E-state index contributed by atoms with van der Waals surface area (Å²) in [4.78, 5) is 2.28. The molecular formula is C7H17BN2O. The van der Waals surface area contributed by atoms with Gasteiger partial charge in [-0.3, -0.25) is 4.92 Å². The predicted molar refractivity (Wildman–Crippen MR) is 47.6 cm³/mol. The lowest BCUT2D eigenvalue weighted by Gasteiger charge is -2.36. The monoisotopic (exact) mass is 156 g/mol. The van der Waals surface area contributed by atoms with Crippen molar-refractivity contribution in [2.24, 2.45) is 0 Å². The molecule has 0 aliphatic carbocycles. The second-order valence-electron chi connectivity index (χ2n) is 3.23. The zero-order valence-electron chi connectivity index (χ0n) is 7.71. The highest BCUT2D eigenvalue weighted by Crippen LogP contribution is 2.02. The van der Waals surface area contributed by atoms with Crippen LogP contribution in [0.1, 0.15) is 0 Å². The molecule has 11 heavy (non-hydrogen) atoms. The van der Waals surface area contributed by atoms with Gasteiger partial charge in [-0.2, -0.15) is 0 Å². The fourth-order valence-electron chi connectivity index (χ4n) is 1.20. The Kier molecular flexibility index (Phi) is 3.36. The Bertz CT molecular complexity index is 115. The van der Waals surface area contributed by atoms with Crippen molar-refractivity contribution in [1.29, 1.82) is 0 Å². The normalized spacial score (nSPS) is 20.7. The molecule has 0 aromatic rings. The molecule has 1 saturated heterocycles. The third-order valence-electron chi connectivity index (χ3n) is 2.18. The maximum absolute atomic E-state index is 5.26. The lowest BCUT2D eigenvalue weighted by molar-refractivity contribution is -0.0345. The van der Waals surface area contributed by atoms with E-state index in [0.29, 0.717) is 6.85 Å². The van der Waals surface area contributed by atoms with E-state index in [4.69, 9.17) is 4.74 Å². The molecule has 4 heteroatoms. The molecule has 0 radical (unpaired) electrons. The molecule has 3 nitrogen and oxygen atoms in total. The van der Waals surface area contributed by atoms with E-state index in [0.717, 1.165) is 26.3 Å². The molecule has 64 valence electrons. The van der Waals surface area contributed by atoms with Gasteiger partial charge in [0.2, 0.25) is 6.85 Å². The summed E-state index contributed by atoms with van der Waals surface area (Å²) < 4.78 is 5.26. The molecule has 0 amide bonds. The van der Waals surface area contributed by atoms with Crippen LogP contribution in [0, 0.1) is 0 Å². The molecule has 0 bridgehead atoms. The van der Waals surface area contributed by atoms with Gasteiger partial charge >= 0.3 is 0 Å². The molecule has 1 fully saturated rings. The minimum atomic E-state index is 0.591. The molecule has 0 aromatic heterocycles. The molecule has 0 N–H and O–H groups in total. The van der Waals surface area contributed by atoms with Crippen LogP contribution in [-0.2, 0) is 4.74 Å². The van der Waals surface area contributed by atoms with Crippen molar-refractivity contribution in [2.45, 2.75) is 13.6 Å². The van der Waals surface area contributed by atoms with Crippen molar-refractivity contribution in [3.05, 3.63) is 0 Å². The smallest absolute Gasteiger partial charge is 0.234 e. The Hall–Kier alpha value is -0.0551. The lowest BCUT2D eigenvalue weighted by atomic mass is 9.68. The van der Waals surface area contributed by atoms with Crippen LogP contribution in [-0.4, -0.2) is 50.1 Å². The average molecular weight is 156 g/mol. The van der Waals surface area contributed by atoms with E-state index in [1.165, 1.54) is 0 Å². The highest BCUT2D eigenvalue weighted by atomic mass is 16.5. The quantitative estimate of drug-likeness (QED) is 0.538. The molecule has 0 spiro atoms. The summed E-state index contributed by atoms with van der Waals surface area (Å²) in [6.07, 6.45) is 0. The summed E-state index contributed by atoms with van der Waals surface area (Å²) in [5.74, 6) is 0. The molecule has 1 aliphatic heterocycles. The average Bonchev–Trinajstić information content (AvgIpc) is 2.05. The van der Waals surface area contributed by atoms with E-state index >= 15 is 0 Å². The number of rotatable bonds is 2. The van der Waals surface area contributed by atoms with Gasteiger partial charge in [-0.15, -0.1) is 0 Å². The Balaban J connectivity index is 2.32. The minimum absolute atomic E-state index is 0.591. The fourth-order valence-corrected chi connectivity index (χ4v) is 1.20. The van der Waals surface area contributed by atoms with Gasteiger partial charge in [-0.1, -0.05) is 13.6 Å². The van der Waals surface area contributed by atoms with E-state index in [9.17, 15) is 0 Å². The van der Waals surface area contributed by atoms with Gasteiger partial charge in [0.05, 0.1) is 13.2 Å². The van der Waals surface area contributed by atoms with Gasteiger partial charge in [-0.05, 0) is 7.05 Å². The van der Waals surface area contributed by atoms with Gasteiger partial charge in [0.15, 0.2) is 0 Å². The molecule has 0 atom stereocenters. The van der Waals surface area contributed by atoms with E-state index in [-0.39, 0.29) is 0 Å². The van der Waals surface area contributed by atoms with Gasteiger partial charge in [0.1, 0.15) is 0 Å². The van der Waals surface area contributed by atoms with E-state index in [1.54, 1.807) is 0 Å². The minimum Gasteiger partial charge on any atom is -0.379 e. The van der Waals surface area contributed by atoms with E-state index in [1.807, 2.05) is 0 Å². The van der Waals surface area contributed by atoms with E-state index in [2.05, 4.69) is 30.6 Å². The highest BCUT2D eigenvalue weighted by Gasteiger charge is 2.18. The standard InChI is InChI=1S/C7H17BN2O/c1-8(2)9(3)10-4-6-11-7-5-10/h4-7H2,1-3H3. The molecule has 1 rings (SSSR count). The molecular weight excluding hydrogens is 139 g/mol. The SMILES string of the molecule is CB(C)N(C)N1CCOCC1. The number of morpholine rings is 1. The Labute approximate surface area is 69.4 Å². The van der Waals surface area contributed by atoms with Crippen LogP contribution in [0.25, 0.3) is 0 Å². The maximum atomic E-state index is 5.26. The van der Waals surface area contributed by atoms with Crippen molar-refractivity contribution in [3.63, 3.8) is 0 Å². The highest BCUT2D eigenvalue weighted by molar-refractivity contribution is 6.52. The zero-order chi connectivity index (χ0) is 8.27. The van der Waals surface area contributed by atoms with Crippen LogP contribution >= 0.6 is 0 Å². The number of nitrogens with zero attached hydrogens (tertiary/aromatic N) is 2. The lowest BCUT2D eigenvalue weighted by Crippen LogP contribution is -2.51. The first-order valence-electron chi connectivity index (χ1n) is 4.27. The van der Waals surface area contributed by atoms with Crippen molar-refractivity contribution < 1.29 is 4.74 Å². The Morgan fingerprint density at radius 1 is 1.27 bits per heavy atom. The summed E-state index contributed by atoms with van der Waals surface area (Å²) in [7, 11) is 2.13. The summed E-state index contributed by atoms with van der Waals surface area (Å²) in [6.45, 7) is 8.82. The van der Waals surface area contributed by atoms with Crippen molar-refractivity contribution in [2.75, 3.05) is 33.4 Å². The molecule has 1 aliphatic rings. The summed E-state index contributed by atoms with van der Waals surface area (Å²) in [6, 6.07) is 0. The molecule has 0 saturated carbocycles. The number of ether oxygens (including phenoxy) is 1. The first kappa shape index (κ1) is 9.04. The van der Waals surface area contributed by atoms with Crippen LogP contribution in [0.15, 0.2) is 0 Å². The van der Waals surface area contributed by atoms with Crippen LogP contribution in [0.4, 0.5) is 0 Å². The van der Waals surface area contributed by atoms with Crippen LogP contribution < -0.4 is 0 Å². The van der Waals surface area contributed by atoms with Gasteiger partial charge in [0, 0.05) is 13.1 Å². The first-order valence-corrected chi connectivity index (χ1v) is 4.27. The number of hydrogen-bond acceptors (Lipinski definition) is 3. The first-order chi connectivity index (χ1) is 5.22. The number of hydrogen-bond donors (Lipinski definition) is 0. The third kappa shape index (κ3) is 2.47. The summed E-state index contributed by atoms with van der Waals surface area (Å²) in [5.41, 5.74) is 0. The van der Waals surface area contributed by atoms with Crippen molar-refractivity contribution in [3.8, 4) is 0 Å². The molecule has 1 heterocycles. The molecule has 0 aromatic carbocycles. The predicted octanol–water partition coefficient (Wildman–Crippen LogP) is 0.416. The van der Waals surface area contributed by atoms with Crippen LogP contribution in [0.2, 0.25) is 13.6 Å². The Morgan fingerprint density at radius 2 is 1.82 bits per heavy atom. The van der Waals surface area contributed by atoms with Gasteiger partial charge < -0.3 is 4.74 Å². The third-order valence-corrected chi connectivity index (χ3v) is 2.18. The largest absolute Gasteiger partial charge is 0.379 e. The zero-order valence-corrected chi connectivity index (χ0v) is 7.71. The van der Waals surface area contributed by atoms with E-state index < -0.39 is 0 Å². The molecule has 0 unspecified atom stereocenters. The van der Waals surface area contributed by atoms with Crippen LogP contribution in [0.5, 0.6) is 0 Å². The number of hydrazine groups is 1. The maximum Gasteiger partial charge on any atom is 0.234 e. The summed E-state index contributed by atoms with van der Waals surface area (Å²) >= 11 is 0. The second-order valence-corrected chi connectivity index (χ2v) is 3.23. The summed E-state index contributed by atoms with van der Waals surface area (Å²) in [5, 5.41) is 2.34. The van der Waals surface area contributed by atoms with Crippen LogP contribution in [0.3, 0.4) is 0 Å². The topological polar surface area (TPSA) is 15.7 Å². The van der Waals surface area contributed by atoms with Gasteiger partial charge in [0.25, 0.3) is 0 Å². The van der Waals surface area contributed by atoms with Gasteiger partial charge in [-0.25, -0.2) is 5.01 Å². The second kappa shape index (κ2) is 4.09. The fraction of sp³-hybridized carbons (Fsp3) is 1.00.